The summed E-state index contributed by atoms with van der Waals surface area (Å²) in [4.78, 5) is 41.0. The van der Waals surface area contributed by atoms with Crippen molar-refractivity contribution in [3.05, 3.63) is 84.2 Å². The van der Waals surface area contributed by atoms with Gasteiger partial charge >= 0.3 is 0 Å². The molecule has 2 N–H and O–H groups in total. The van der Waals surface area contributed by atoms with Crippen LogP contribution in [-0.4, -0.2) is 70.0 Å². The maximum absolute atomic E-state index is 14.5. The quantitative estimate of drug-likeness (QED) is 0.258. The Morgan fingerprint density at radius 2 is 1.93 bits per heavy atom. The molecule has 236 valence electrons. The zero-order chi connectivity index (χ0) is 31.9. The molecular formula is C33H40N6O5Si. The van der Waals surface area contributed by atoms with Crippen molar-refractivity contribution in [2.75, 3.05) is 23.1 Å². The molecule has 0 bridgehead atoms. The molecule has 4 atom stereocenters. The molecule has 11 nitrogen and oxygen atoms in total. The van der Waals surface area contributed by atoms with Crippen LogP contribution in [0.15, 0.2) is 72.5 Å². The number of anilines is 2. The maximum Gasteiger partial charge on any atom is 0.264 e. The predicted octanol–water partition coefficient (Wildman–Crippen LogP) is 3.76. The second kappa shape index (κ2) is 12.1. The summed E-state index contributed by atoms with van der Waals surface area (Å²) in [5.41, 5.74) is 2.80. The monoisotopic (exact) mass is 628 g/mol. The average molecular weight is 629 g/mol. The standard InChI is InChI=1S/C33H40N6O5Si/c1-5-17-38-28-13-11-25(39-30(41)14-12-27(35-39)23-9-7-6-8-10-23)20-26(28)33(32(38)42)22(2)31(45(3,4)43)29(44-33)15-18-37-21-24(16-19-40)34-36-37/h5-11,13,20-22,29,31,40,43H,1,12,14-19H2,2-4H3/t22-,29+,31-,33+/m0/s1. The first kappa shape index (κ1) is 31.0. The fraction of sp³-hybridized carbons (Fsp3) is 0.424. The van der Waals surface area contributed by atoms with E-state index in [9.17, 15) is 19.5 Å². The number of hydrogen-bond acceptors (Lipinski definition) is 8. The molecule has 3 aromatic rings. The Morgan fingerprint density at radius 3 is 2.64 bits per heavy atom. The van der Waals surface area contributed by atoms with E-state index in [1.165, 1.54) is 5.01 Å². The van der Waals surface area contributed by atoms with E-state index >= 15 is 0 Å². The number of ether oxygens (including phenoxy) is 1. The molecule has 3 aliphatic heterocycles. The largest absolute Gasteiger partial charge is 0.432 e. The number of aliphatic hydroxyl groups excluding tert-OH is 1. The van der Waals surface area contributed by atoms with Crippen LogP contribution in [0.1, 0.15) is 43.0 Å². The summed E-state index contributed by atoms with van der Waals surface area (Å²) in [6.45, 7) is 10.4. The molecule has 3 aliphatic rings. The summed E-state index contributed by atoms with van der Waals surface area (Å²) in [6, 6.07) is 15.4. The van der Waals surface area contributed by atoms with Gasteiger partial charge in [-0.1, -0.05) is 48.5 Å². The maximum atomic E-state index is 14.5. The molecule has 6 rings (SSSR count). The Bertz CT molecular complexity index is 1640. The van der Waals surface area contributed by atoms with Crippen molar-refractivity contribution >= 4 is 37.2 Å². The highest BCUT2D eigenvalue weighted by molar-refractivity contribution is 6.71. The van der Waals surface area contributed by atoms with Gasteiger partial charge in [-0.25, -0.2) is 5.01 Å². The molecule has 1 fully saturated rings. The van der Waals surface area contributed by atoms with E-state index in [4.69, 9.17) is 9.84 Å². The van der Waals surface area contributed by atoms with E-state index in [0.717, 1.165) is 11.3 Å². The van der Waals surface area contributed by atoms with Gasteiger partial charge in [-0.05, 0) is 43.3 Å². The van der Waals surface area contributed by atoms with Gasteiger partial charge in [0.2, 0.25) is 5.91 Å². The lowest BCUT2D eigenvalue weighted by atomic mass is 9.82. The van der Waals surface area contributed by atoms with Gasteiger partial charge in [0, 0.05) is 62.2 Å². The molecule has 1 saturated heterocycles. The number of hydrazone groups is 1. The summed E-state index contributed by atoms with van der Waals surface area (Å²) >= 11 is 0. The third-order valence-electron chi connectivity index (χ3n) is 9.26. The van der Waals surface area contributed by atoms with Gasteiger partial charge in [-0.3, -0.25) is 14.3 Å². The van der Waals surface area contributed by atoms with Crippen LogP contribution in [0.5, 0.6) is 0 Å². The van der Waals surface area contributed by atoms with Gasteiger partial charge in [0.15, 0.2) is 13.9 Å². The second-order valence-corrected chi connectivity index (χ2v) is 16.6. The molecule has 2 aromatic carbocycles. The summed E-state index contributed by atoms with van der Waals surface area (Å²) < 4.78 is 8.63. The van der Waals surface area contributed by atoms with E-state index in [-0.39, 0.29) is 29.9 Å². The molecule has 4 heterocycles. The number of aromatic nitrogens is 3. The molecule has 0 aliphatic carbocycles. The van der Waals surface area contributed by atoms with Crippen LogP contribution in [-0.2, 0) is 32.9 Å². The molecule has 1 aromatic heterocycles. The number of carbonyl (C=O) groups is 2. The number of rotatable bonds is 10. The fourth-order valence-corrected chi connectivity index (χ4v) is 9.91. The Hall–Kier alpha value is -3.97. The van der Waals surface area contributed by atoms with Crippen molar-refractivity contribution in [2.24, 2.45) is 11.0 Å². The first-order chi connectivity index (χ1) is 21.6. The van der Waals surface area contributed by atoms with Gasteiger partial charge in [0.05, 0.1) is 28.9 Å². The predicted molar refractivity (Wildman–Crippen MR) is 173 cm³/mol. The number of hydrogen-bond donors (Lipinski definition) is 2. The zero-order valence-corrected chi connectivity index (χ0v) is 27.0. The van der Waals surface area contributed by atoms with E-state index in [1.54, 1.807) is 21.9 Å². The molecular weight excluding hydrogens is 588 g/mol. The first-order valence-corrected chi connectivity index (χ1v) is 18.5. The average Bonchev–Trinajstić information content (AvgIpc) is 3.67. The van der Waals surface area contributed by atoms with E-state index < -0.39 is 20.0 Å². The Labute approximate surface area is 263 Å². The van der Waals surface area contributed by atoms with Crippen molar-refractivity contribution in [3.8, 4) is 0 Å². The van der Waals surface area contributed by atoms with E-state index in [0.29, 0.717) is 61.4 Å². The minimum Gasteiger partial charge on any atom is -0.432 e. The zero-order valence-electron chi connectivity index (χ0n) is 26.0. The van der Waals surface area contributed by atoms with Crippen molar-refractivity contribution < 1.29 is 24.2 Å². The van der Waals surface area contributed by atoms with Gasteiger partial charge in [-0.2, -0.15) is 5.10 Å². The molecule has 2 amide bonds. The highest BCUT2D eigenvalue weighted by atomic mass is 28.4. The Morgan fingerprint density at radius 1 is 1.16 bits per heavy atom. The van der Waals surface area contributed by atoms with Gasteiger partial charge in [0.1, 0.15) is 0 Å². The summed E-state index contributed by atoms with van der Waals surface area (Å²) in [7, 11) is -2.86. The summed E-state index contributed by atoms with van der Waals surface area (Å²) in [5, 5.41) is 23.8. The van der Waals surface area contributed by atoms with Crippen LogP contribution in [0, 0.1) is 5.92 Å². The van der Waals surface area contributed by atoms with Crippen molar-refractivity contribution in [3.63, 3.8) is 0 Å². The lowest BCUT2D eigenvalue weighted by Crippen LogP contribution is -2.46. The van der Waals surface area contributed by atoms with Crippen LogP contribution in [0.3, 0.4) is 0 Å². The Kier molecular flexibility index (Phi) is 8.33. The van der Waals surface area contributed by atoms with Gasteiger partial charge in [0.25, 0.3) is 5.91 Å². The molecule has 0 radical (unpaired) electrons. The number of aliphatic hydroxyl groups is 1. The number of aryl methyl sites for hydroxylation is 1. The minimum absolute atomic E-state index is 0.0105. The van der Waals surface area contributed by atoms with E-state index in [2.05, 4.69) is 16.9 Å². The lowest BCUT2D eigenvalue weighted by molar-refractivity contribution is -0.145. The number of benzene rings is 2. The summed E-state index contributed by atoms with van der Waals surface area (Å²) in [6.07, 6.45) is 4.85. The van der Waals surface area contributed by atoms with Crippen molar-refractivity contribution in [2.45, 2.75) is 69.5 Å². The molecule has 0 unspecified atom stereocenters. The molecule has 12 heteroatoms. The topological polar surface area (TPSA) is 133 Å². The van der Waals surface area contributed by atoms with Crippen LogP contribution in [0.2, 0.25) is 18.6 Å². The molecule has 0 saturated carbocycles. The van der Waals surface area contributed by atoms with Gasteiger partial charge in [-0.15, -0.1) is 11.7 Å². The summed E-state index contributed by atoms with van der Waals surface area (Å²) in [5.74, 6) is -0.673. The van der Waals surface area contributed by atoms with Crippen LogP contribution >= 0.6 is 0 Å². The smallest absolute Gasteiger partial charge is 0.264 e. The van der Waals surface area contributed by atoms with Crippen LogP contribution in [0.25, 0.3) is 0 Å². The highest BCUT2D eigenvalue weighted by Gasteiger charge is 2.66. The number of carbonyl (C=O) groups excluding carboxylic acids is 2. The highest BCUT2D eigenvalue weighted by Crippen LogP contribution is 2.60. The van der Waals surface area contributed by atoms with Crippen LogP contribution in [0.4, 0.5) is 11.4 Å². The number of amides is 2. The Balaban J connectivity index is 1.40. The third kappa shape index (κ3) is 5.45. The molecule has 45 heavy (non-hydrogen) atoms. The lowest BCUT2D eigenvalue weighted by Gasteiger charge is -2.32. The van der Waals surface area contributed by atoms with Crippen LogP contribution < -0.4 is 9.91 Å². The second-order valence-electron chi connectivity index (χ2n) is 12.6. The number of nitrogens with zero attached hydrogens (tertiary/aromatic N) is 6. The fourth-order valence-electron chi connectivity index (χ4n) is 7.31. The van der Waals surface area contributed by atoms with Crippen molar-refractivity contribution in [1.82, 2.24) is 15.0 Å². The van der Waals surface area contributed by atoms with E-state index in [1.807, 2.05) is 68.5 Å². The number of fused-ring (bicyclic) bond motifs is 2. The first-order valence-electron chi connectivity index (χ1n) is 15.5. The SMILES string of the molecule is C=CCN1C(=O)[C@]2(O[C@H](CCn3cc(CCO)nn3)[C@@H]([Si](C)(C)O)[C@@H]2C)c2cc(N3N=C(c4ccccc4)CCC3=O)ccc21. The van der Waals surface area contributed by atoms with Gasteiger partial charge < -0.3 is 19.5 Å². The molecule has 1 spiro atoms. The van der Waals surface area contributed by atoms with Crippen molar-refractivity contribution in [1.29, 1.82) is 0 Å². The normalized spacial score (nSPS) is 24.8. The minimum atomic E-state index is -2.86. The third-order valence-corrected chi connectivity index (χ3v) is 11.8.